The van der Waals surface area contributed by atoms with E-state index >= 15 is 0 Å². The van der Waals surface area contributed by atoms with Crippen LogP contribution in [0.15, 0.2) is 0 Å². The average molecular weight is 489 g/mol. The summed E-state index contributed by atoms with van der Waals surface area (Å²) in [4.78, 5) is 29.0. The first kappa shape index (κ1) is 48.9. The summed E-state index contributed by atoms with van der Waals surface area (Å²) in [7, 11) is 1.00. The second-order valence-corrected chi connectivity index (χ2v) is 6.52. The molecular formula is C24H56O9. The van der Waals surface area contributed by atoms with Crippen molar-refractivity contribution in [3.05, 3.63) is 0 Å². The fourth-order valence-corrected chi connectivity index (χ4v) is 0.831. The van der Waals surface area contributed by atoms with Crippen molar-refractivity contribution >= 4 is 18.0 Å². The van der Waals surface area contributed by atoms with Gasteiger partial charge < -0.3 is 35.1 Å². The van der Waals surface area contributed by atoms with Crippen LogP contribution in [0.1, 0.15) is 94.9 Å². The van der Waals surface area contributed by atoms with Gasteiger partial charge in [0.2, 0.25) is 0 Å². The van der Waals surface area contributed by atoms with Crippen LogP contribution in [0, 0.1) is 5.92 Å². The number of esters is 1. The molecule has 0 rings (SSSR count). The molecule has 33 heavy (non-hydrogen) atoms. The minimum Gasteiger partial charge on any atom is -0.466 e. The van der Waals surface area contributed by atoms with Crippen LogP contribution >= 0.6 is 0 Å². The van der Waals surface area contributed by atoms with Crippen LogP contribution < -0.4 is 0 Å². The number of ether oxygens (including phenoxy) is 1. The first-order valence-electron chi connectivity index (χ1n) is 11.4. The van der Waals surface area contributed by atoms with Gasteiger partial charge in [-0.25, -0.2) is 0 Å². The molecule has 9 heteroatoms. The van der Waals surface area contributed by atoms with E-state index in [9.17, 15) is 9.59 Å². The number of hydrogen-bond acceptors (Lipinski definition) is 9. The molecule has 0 amide bonds. The summed E-state index contributed by atoms with van der Waals surface area (Å²) >= 11 is 0. The second kappa shape index (κ2) is 52.5. The third kappa shape index (κ3) is 117. The summed E-state index contributed by atoms with van der Waals surface area (Å²) in [5.41, 5.74) is 0. The molecular weight excluding hydrogens is 432 g/mol. The Kier molecular flexibility index (Phi) is 77.8. The largest absolute Gasteiger partial charge is 0.466 e. The minimum atomic E-state index is -0.769. The zero-order chi connectivity index (χ0) is 28.3. The summed E-state index contributed by atoms with van der Waals surface area (Å²) in [6.07, 6.45) is 3.64. The third-order valence-electron chi connectivity index (χ3n) is 2.72. The first-order chi connectivity index (χ1) is 15.3. The van der Waals surface area contributed by atoms with E-state index in [-0.39, 0.29) is 23.8 Å². The van der Waals surface area contributed by atoms with Gasteiger partial charge in [0.15, 0.2) is 5.78 Å². The molecule has 9 nitrogen and oxygen atoms in total. The van der Waals surface area contributed by atoms with Gasteiger partial charge in [-0.15, -0.1) is 0 Å². The number of aliphatic hydroxyl groups excluding tert-OH is 5. The minimum absolute atomic E-state index is 0.0486. The number of Topliss-reactive ketones (excluding diaryl/α,β-unsaturated/α-hetero) is 1. The summed E-state index contributed by atoms with van der Waals surface area (Å²) in [6, 6.07) is 0. The predicted octanol–water partition coefficient (Wildman–Crippen LogP) is 2.92. The number of unbranched alkanes of at least 4 members (excludes halogenated alkanes) is 1. The molecule has 0 aliphatic rings. The van der Waals surface area contributed by atoms with E-state index in [0.717, 1.165) is 39.1 Å². The molecule has 0 radical (unpaired) electrons. The maximum absolute atomic E-state index is 10.3. The van der Waals surface area contributed by atoms with E-state index in [0.29, 0.717) is 19.8 Å². The molecule has 0 aromatic rings. The van der Waals surface area contributed by atoms with Gasteiger partial charge in [-0.1, -0.05) is 41.0 Å². The van der Waals surface area contributed by atoms with Crippen LogP contribution in [0.2, 0.25) is 0 Å². The number of carbonyl (C=O) groups is 3. The van der Waals surface area contributed by atoms with Crippen molar-refractivity contribution < 1.29 is 44.7 Å². The molecule has 0 aliphatic carbocycles. The van der Waals surface area contributed by atoms with Gasteiger partial charge in [0, 0.05) is 27.2 Å². The lowest BCUT2D eigenvalue weighted by atomic mass is 10.1. The SMILES string of the molecule is CC(=O)C(O)C(C)C.CC=O.CCC(C)O.CCCCO.CCCO.CCOC(C)=O.CO. The number of rotatable bonds is 7. The van der Waals surface area contributed by atoms with E-state index < -0.39 is 6.10 Å². The predicted molar refractivity (Wildman–Crippen MR) is 135 cm³/mol. The molecule has 0 heterocycles. The highest BCUT2D eigenvalue weighted by atomic mass is 16.5. The van der Waals surface area contributed by atoms with Gasteiger partial charge in [0.05, 0.1) is 12.7 Å². The van der Waals surface area contributed by atoms with Crippen LogP contribution in [-0.2, 0) is 19.1 Å². The Balaban J connectivity index is -0.0000000496. The normalized spacial score (nSPS) is 9.85. The van der Waals surface area contributed by atoms with Crippen LogP contribution in [0.3, 0.4) is 0 Å². The number of carbonyl (C=O) groups excluding carboxylic acids is 3. The van der Waals surface area contributed by atoms with Crippen LogP contribution in [-0.4, -0.2) is 82.7 Å². The standard InChI is InChI=1S/C6H12O2.C4H8O2.2C4H10O.C3H8O.C2H4O.CH4O/c1-4(2)6(8)5(3)7;1-3-6-4(2)5;1-3-4(2)5;1-2-3-4-5;1-2-3-4;1-2-3;1-2/h4,6,8H,1-3H3;3H2,1-2H3;4-5H,3H2,1-2H3;5H,2-4H2,1H3;4H,2-3H2,1H3;2H,1H3;2H,1H3. The summed E-state index contributed by atoms with van der Waals surface area (Å²) < 4.78 is 4.40. The van der Waals surface area contributed by atoms with E-state index in [1.165, 1.54) is 20.8 Å². The Labute approximate surface area is 203 Å². The number of aldehydes is 1. The Morgan fingerprint density at radius 3 is 1.21 bits per heavy atom. The van der Waals surface area contributed by atoms with Crippen LogP contribution in [0.5, 0.6) is 0 Å². The van der Waals surface area contributed by atoms with Crippen molar-refractivity contribution in [2.45, 2.75) is 107 Å². The zero-order valence-electron chi connectivity index (χ0n) is 23.1. The van der Waals surface area contributed by atoms with Gasteiger partial charge >= 0.3 is 5.97 Å². The van der Waals surface area contributed by atoms with Crippen molar-refractivity contribution in [1.29, 1.82) is 0 Å². The third-order valence-corrected chi connectivity index (χ3v) is 2.72. The highest BCUT2D eigenvalue weighted by molar-refractivity contribution is 5.80. The molecule has 206 valence electrons. The molecule has 0 spiro atoms. The molecule has 0 saturated heterocycles. The highest BCUT2D eigenvalue weighted by Gasteiger charge is 2.12. The zero-order valence-corrected chi connectivity index (χ0v) is 23.1. The summed E-state index contributed by atoms with van der Waals surface area (Å²) in [5.74, 6) is -0.315. The fraction of sp³-hybridized carbons (Fsp3) is 0.875. The lowest BCUT2D eigenvalue weighted by Crippen LogP contribution is -2.22. The Morgan fingerprint density at radius 2 is 1.21 bits per heavy atom. The molecule has 2 unspecified atom stereocenters. The topological polar surface area (TPSA) is 162 Å². The quantitative estimate of drug-likeness (QED) is 0.268. The first-order valence-corrected chi connectivity index (χ1v) is 11.4. The fourth-order valence-electron chi connectivity index (χ4n) is 0.831. The summed E-state index contributed by atoms with van der Waals surface area (Å²) in [6.45, 7) is 18.5. The van der Waals surface area contributed by atoms with Gasteiger partial charge in [0.1, 0.15) is 12.4 Å². The number of hydrogen-bond donors (Lipinski definition) is 5. The number of ketones is 1. The van der Waals surface area contributed by atoms with Gasteiger partial charge in [-0.3, -0.25) is 9.59 Å². The molecule has 0 aromatic carbocycles. The van der Waals surface area contributed by atoms with Crippen molar-refractivity contribution in [2.24, 2.45) is 5.92 Å². The Morgan fingerprint density at radius 1 is 0.879 bits per heavy atom. The lowest BCUT2D eigenvalue weighted by molar-refractivity contribution is -0.140. The van der Waals surface area contributed by atoms with Crippen molar-refractivity contribution in [3.63, 3.8) is 0 Å². The molecule has 0 fully saturated rings. The lowest BCUT2D eigenvalue weighted by Gasteiger charge is -2.08. The van der Waals surface area contributed by atoms with E-state index in [1.807, 2.05) is 27.7 Å². The highest BCUT2D eigenvalue weighted by Crippen LogP contribution is 2.00. The van der Waals surface area contributed by atoms with Crippen LogP contribution in [0.4, 0.5) is 0 Å². The van der Waals surface area contributed by atoms with Crippen molar-refractivity contribution in [3.8, 4) is 0 Å². The molecule has 5 N–H and O–H groups in total. The van der Waals surface area contributed by atoms with Crippen LogP contribution in [0.25, 0.3) is 0 Å². The van der Waals surface area contributed by atoms with Gasteiger partial charge in [0.25, 0.3) is 0 Å². The van der Waals surface area contributed by atoms with Gasteiger partial charge in [-0.05, 0) is 52.9 Å². The molecule has 0 saturated carbocycles. The van der Waals surface area contributed by atoms with Crippen molar-refractivity contribution in [2.75, 3.05) is 26.9 Å². The summed E-state index contributed by atoms with van der Waals surface area (Å²) in [5, 5.41) is 40.2. The monoisotopic (exact) mass is 488 g/mol. The molecule has 0 bridgehead atoms. The van der Waals surface area contributed by atoms with Crippen molar-refractivity contribution in [1.82, 2.24) is 0 Å². The smallest absolute Gasteiger partial charge is 0.302 e. The van der Waals surface area contributed by atoms with Gasteiger partial charge in [-0.2, -0.15) is 0 Å². The van der Waals surface area contributed by atoms with E-state index in [2.05, 4.69) is 11.7 Å². The Bertz CT molecular complexity index is 330. The maximum atomic E-state index is 10.3. The molecule has 0 aromatic heterocycles. The molecule has 0 aliphatic heterocycles. The van der Waals surface area contributed by atoms with E-state index in [4.69, 9.17) is 30.3 Å². The average Bonchev–Trinajstić information content (AvgIpc) is 2.77. The maximum Gasteiger partial charge on any atom is 0.302 e. The second-order valence-electron chi connectivity index (χ2n) is 6.52. The van der Waals surface area contributed by atoms with E-state index in [1.54, 1.807) is 13.8 Å². The Hall–Kier alpha value is -1.39. The molecule has 2 atom stereocenters. The number of aliphatic hydroxyl groups is 5.